The molecule has 1 fully saturated rings. The number of benzene rings is 1. The second-order valence-corrected chi connectivity index (χ2v) is 6.68. The molecule has 3 rings (SSSR count). The van der Waals surface area contributed by atoms with Gasteiger partial charge in [0.05, 0.1) is 6.42 Å². The van der Waals surface area contributed by atoms with Crippen molar-refractivity contribution < 1.29 is 4.79 Å². The number of piperidine rings is 1. The minimum atomic E-state index is -0.0687. The van der Waals surface area contributed by atoms with Gasteiger partial charge < -0.3 is 10.2 Å². The van der Waals surface area contributed by atoms with Crippen LogP contribution < -0.4 is 10.2 Å². The number of hydrogen-bond acceptors (Lipinski definition) is 4. The van der Waals surface area contributed by atoms with Crippen LogP contribution in [0.5, 0.6) is 0 Å². The maximum absolute atomic E-state index is 12.2. The summed E-state index contributed by atoms with van der Waals surface area (Å²) in [5.41, 5.74) is 2.15. The van der Waals surface area contributed by atoms with Gasteiger partial charge in [0.15, 0.2) is 11.6 Å². The molecule has 0 bridgehead atoms. The summed E-state index contributed by atoms with van der Waals surface area (Å²) in [5, 5.41) is 11.4. The number of hydrogen-bond donors (Lipinski definition) is 1. The first kappa shape index (κ1) is 17.4. The standard InChI is InChI=1S/C20H26N4O/c1-3-17-10-6-7-13-24(17)19-12-11-18(22-23-19)21-20(25)14-16-9-5-4-8-15(16)2/h4-5,8-9,11-12,17H,3,6-7,10,13-14H2,1-2H3,(H,21,22,25). The lowest BCUT2D eigenvalue weighted by Crippen LogP contribution is -2.39. The molecule has 0 aliphatic carbocycles. The summed E-state index contributed by atoms with van der Waals surface area (Å²) in [6, 6.07) is 12.3. The van der Waals surface area contributed by atoms with Crippen LogP contribution in [0.4, 0.5) is 11.6 Å². The Kier molecular flexibility index (Phi) is 5.64. The Morgan fingerprint density at radius 1 is 1.20 bits per heavy atom. The number of nitrogens with zero attached hydrogens (tertiary/aromatic N) is 3. The molecule has 5 nitrogen and oxygen atoms in total. The molecule has 1 amide bonds. The van der Waals surface area contributed by atoms with Gasteiger partial charge in [-0.3, -0.25) is 4.79 Å². The molecule has 1 aliphatic heterocycles. The van der Waals surface area contributed by atoms with E-state index in [0.29, 0.717) is 18.3 Å². The molecular weight excluding hydrogens is 312 g/mol. The number of aryl methyl sites for hydroxylation is 1. The second-order valence-electron chi connectivity index (χ2n) is 6.68. The van der Waals surface area contributed by atoms with Crippen LogP contribution in [-0.2, 0) is 11.2 Å². The van der Waals surface area contributed by atoms with E-state index in [2.05, 4.69) is 27.3 Å². The third kappa shape index (κ3) is 4.35. The largest absolute Gasteiger partial charge is 0.352 e. The van der Waals surface area contributed by atoms with Crippen molar-refractivity contribution in [2.24, 2.45) is 0 Å². The van der Waals surface area contributed by atoms with E-state index < -0.39 is 0 Å². The maximum Gasteiger partial charge on any atom is 0.230 e. The van der Waals surface area contributed by atoms with E-state index in [1.54, 1.807) is 0 Å². The molecule has 1 atom stereocenters. The van der Waals surface area contributed by atoms with Gasteiger partial charge in [0.25, 0.3) is 0 Å². The van der Waals surface area contributed by atoms with Gasteiger partial charge in [-0.2, -0.15) is 0 Å². The van der Waals surface area contributed by atoms with Gasteiger partial charge in [0.2, 0.25) is 5.91 Å². The molecule has 1 unspecified atom stereocenters. The zero-order valence-electron chi connectivity index (χ0n) is 15.0. The summed E-state index contributed by atoms with van der Waals surface area (Å²) in [6.45, 7) is 5.27. The van der Waals surface area contributed by atoms with Crippen molar-refractivity contribution in [2.45, 2.75) is 52.0 Å². The van der Waals surface area contributed by atoms with Crippen molar-refractivity contribution in [1.29, 1.82) is 0 Å². The highest BCUT2D eigenvalue weighted by molar-refractivity contribution is 5.91. The predicted octanol–water partition coefficient (Wildman–Crippen LogP) is 3.74. The molecule has 0 radical (unpaired) electrons. The Morgan fingerprint density at radius 2 is 2.04 bits per heavy atom. The lowest BCUT2D eigenvalue weighted by Gasteiger charge is -2.35. The van der Waals surface area contributed by atoms with Crippen LogP contribution in [0.25, 0.3) is 0 Å². The molecule has 1 aromatic carbocycles. The van der Waals surface area contributed by atoms with Gasteiger partial charge in [0.1, 0.15) is 0 Å². The van der Waals surface area contributed by atoms with Crippen LogP contribution in [0.1, 0.15) is 43.7 Å². The molecule has 5 heteroatoms. The Hall–Kier alpha value is -2.43. The van der Waals surface area contributed by atoms with E-state index in [-0.39, 0.29) is 5.91 Å². The molecule has 1 saturated heterocycles. The monoisotopic (exact) mass is 338 g/mol. The van der Waals surface area contributed by atoms with Crippen LogP contribution >= 0.6 is 0 Å². The number of anilines is 2. The highest BCUT2D eigenvalue weighted by Gasteiger charge is 2.22. The zero-order chi connectivity index (χ0) is 17.6. The number of amides is 1. The third-order valence-corrected chi connectivity index (χ3v) is 4.92. The minimum absolute atomic E-state index is 0.0687. The number of nitrogens with one attached hydrogen (secondary N) is 1. The first-order valence-electron chi connectivity index (χ1n) is 9.12. The number of carbonyl (C=O) groups is 1. The molecule has 25 heavy (non-hydrogen) atoms. The third-order valence-electron chi connectivity index (χ3n) is 4.92. The Balaban J connectivity index is 1.62. The van der Waals surface area contributed by atoms with Crippen molar-refractivity contribution >= 4 is 17.5 Å². The van der Waals surface area contributed by atoms with Crippen molar-refractivity contribution in [3.8, 4) is 0 Å². The smallest absolute Gasteiger partial charge is 0.230 e. The highest BCUT2D eigenvalue weighted by Crippen LogP contribution is 2.24. The fourth-order valence-electron chi connectivity index (χ4n) is 3.44. The number of aromatic nitrogens is 2. The Labute approximate surface area is 149 Å². The molecule has 2 aromatic rings. The van der Waals surface area contributed by atoms with Gasteiger partial charge in [-0.05, 0) is 55.9 Å². The quantitative estimate of drug-likeness (QED) is 0.902. The summed E-state index contributed by atoms with van der Waals surface area (Å²) in [4.78, 5) is 14.6. The molecular formula is C20H26N4O. The maximum atomic E-state index is 12.2. The average molecular weight is 338 g/mol. The van der Waals surface area contributed by atoms with E-state index in [1.807, 2.05) is 43.3 Å². The van der Waals surface area contributed by atoms with Gasteiger partial charge >= 0.3 is 0 Å². The van der Waals surface area contributed by atoms with Crippen molar-refractivity contribution in [3.63, 3.8) is 0 Å². The lowest BCUT2D eigenvalue weighted by atomic mass is 10.0. The summed E-state index contributed by atoms with van der Waals surface area (Å²) in [5.74, 6) is 1.34. The van der Waals surface area contributed by atoms with E-state index in [1.165, 1.54) is 19.3 Å². The van der Waals surface area contributed by atoms with Crippen LogP contribution in [0.15, 0.2) is 36.4 Å². The van der Waals surface area contributed by atoms with E-state index in [9.17, 15) is 4.79 Å². The highest BCUT2D eigenvalue weighted by atomic mass is 16.1. The molecule has 1 aromatic heterocycles. The van der Waals surface area contributed by atoms with E-state index in [0.717, 1.165) is 29.9 Å². The summed E-state index contributed by atoms with van der Waals surface area (Å²) in [6.07, 6.45) is 5.17. The van der Waals surface area contributed by atoms with Crippen molar-refractivity contribution in [2.75, 3.05) is 16.8 Å². The van der Waals surface area contributed by atoms with Gasteiger partial charge in [0, 0.05) is 12.6 Å². The number of rotatable bonds is 5. The van der Waals surface area contributed by atoms with Crippen molar-refractivity contribution in [3.05, 3.63) is 47.5 Å². The minimum Gasteiger partial charge on any atom is -0.352 e. The van der Waals surface area contributed by atoms with E-state index in [4.69, 9.17) is 0 Å². The van der Waals surface area contributed by atoms with Gasteiger partial charge in [-0.25, -0.2) is 0 Å². The summed E-state index contributed by atoms with van der Waals surface area (Å²) < 4.78 is 0. The summed E-state index contributed by atoms with van der Waals surface area (Å²) in [7, 11) is 0. The molecule has 1 N–H and O–H groups in total. The fraction of sp³-hybridized carbons (Fsp3) is 0.450. The van der Waals surface area contributed by atoms with E-state index >= 15 is 0 Å². The Bertz CT molecular complexity index is 714. The molecule has 0 spiro atoms. The molecule has 0 saturated carbocycles. The van der Waals surface area contributed by atoms with Crippen LogP contribution in [0.2, 0.25) is 0 Å². The summed E-state index contributed by atoms with van der Waals surface area (Å²) >= 11 is 0. The first-order chi connectivity index (χ1) is 12.2. The van der Waals surface area contributed by atoms with Gasteiger partial charge in [-0.1, -0.05) is 31.2 Å². The van der Waals surface area contributed by atoms with Crippen LogP contribution in [0, 0.1) is 6.92 Å². The number of carbonyl (C=O) groups excluding carboxylic acids is 1. The van der Waals surface area contributed by atoms with Gasteiger partial charge in [-0.15, -0.1) is 10.2 Å². The van der Waals surface area contributed by atoms with Crippen LogP contribution in [-0.4, -0.2) is 28.7 Å². The SMILES string of the molecule is CCC1CCCCN1c1ccc(NC(=O)Cc2ccccc2C)nn1. The van der Waals surface area contributed by atoms with Crippen molar-refractivity contribution in [1.82, 2.24) is 10.2 Å². The Morgan fingerprint density at radius 3 is 2.76 bits per heavy atom. The molecule has 132 valence electrons. The zero-order valence-corrected chi connectivity index (χ0v) is 15.0. The fourth-order valence-corrected chi connectivity index (χ4v) is 3.44. The average Bonchev–Trinajstić information content (AvgIpc) is 2.64. The molecule has 2 heterocycles. The normalized spacial score (nSPS) is 17.4. The van der Waals surface area contributed by atoms with Crippen LogP contribution in [0.3, 0.4) is 0 Å². The first-order valence-corrected chi connectivity index (χ1v) is 9.12. The predicted molar refractivity (Wildman–Crippen MR) is 101 cm³/mol. The topological polar surface area (TPSA) is 58.1 Å². The second kappa shape index (κ2) is 8.10. The molecule has 1 aliphatic rings. The lowest BCUT2D eigenvalue weighted by molar-refractivity contribution is -0.115.